The number of fused-ring (bicyclic) bond motifs is 4. The van der Waals surface area contributed by atoms with Crippen LogP contribution in [0.4, 0.5) is 0 Å². The zero-order valence-electron chi connectivity index (χ0n) is 16.6. The van der Waals surface area contributed by atoms with Gasteiger partial charge in [-0.05, 0) is 37.1 Å². The van der Waals surface area contributed by atoms with Crippen molar-refractivity contribution in [2.45, 2.75) is 27.3 Å². The van der Waals surface area contributed by atoms with Gasteiger partial charge in [0.15, 0.2) is 11.3 Å². The molecule has 0 radical (unpaired) electrons. The van der Waals surface area contributed by atoms with Crippen LogP contribution in [-0.2, 0) is 6.54 Å². The third kappa shape index (κ3) is 2.71. The molecule has 0 atom stereocenters. The number of hydrogen-bond acceptors (Lipinski definition) is 4. The summed E-state index contributed by atoms with van der Waals surface area (Å²) < 4.78 is 3.69. The van der Waals surface area contributed by atoms with Crippen LogP contribution in [0.2, 0.25) is 0 Å². The molecular formula is C23H21N5O. The molecule has 29 heavy (non-hydrogen) atoms. The van der Waals surface area contributed by atoms with E-state index in [1.807, 2.05) is 66.1 Å². The number of para-hydroxylation sites is 3. The van der Waals surface area contributed by atoms with Gasteiger partial charge in [-0.15, -0.1) is 0 Å². The van der Waals surface area contributed by atoms with Gasteiger partial charge < -0.3 is 0 Å². The maximum absolute atomic E-state index is 13.5. The fourth-order valence-electron chi connectivity index (χ4n) is 3.83. The van der Waals surface area contributed by atoms with Crippen LogP contribution >= 0.6 is 0 Å². The van der Waals surface area contributed by atoms with E-state index >= 15 is 0 Å². The lowest BCUT2D eigenvalue weighted by molar-refractivity contribution is 0.498. The first-order chi connectivity index (χ1) is 14.0. The number of rotatable bonds is 3. The SMILES string of the molecule is Cc1nc2c(c(=O)n1CC(C)C)c1nc3ccccc3nc1n2-c1ccccc1. The summed E-state index contributed by atoms with van der Waals surface area (Å²) in [5.41, 5.74) is 4.25. The molecule has 0 aliphatic carbocycles. The second kappa shape index (κ2) is 6.51. The molecule has 0 fully saturated rings. The first kappa shape index (κ1) is 17.6. The van der Waals surface area contributed by atoms with E-state index in [2.05, 4.69) is 13.8 Å². The topological polar surface area (TPSA) is 65.6 Å². The zero-order chi connectivity index (χ0) is 20.1. The highest BCUT2D eigenvalue weighted by Crippen LogP contribution is 2.28. The monoisotopic (exact) mass is 383 g/mol. The minimum absolute atomic E-state index is 0.0644. The summed E-state index contributed by atoms with van der Waals surface area (Å²) in [5, 5.41) is 0.522. The molecule has 0 saturated carbocycles. The average Bonchev–Trinajstić information content (AvgIpc) is 3.02. The molecule has 3 aromatic heterocycles. The summed E-state index contributed by atoms with van der Waals surface area (Å²) >= 11 is 0. The largest absolute Gasteiger partial charge is 0.296 e. The summed E-state index contributed by atoms with van der Waals surface area (Å²) in [6.45, 7) is 6.69. The van der Waals surface area contributed by atoms with Crippen LogP contribution in [0.25, 0.3) is 38.9 Å². The molecule has 0 bridgehead atoms. The average molecular weight is 383 g/mol. The molecule has 0 amide bonds. The third-order valence-corrected chi connectivity index (χ3v) is 5.12. The summed E-state index contributed by atoms with van der Waals surface area (Å²) in [6.07, 6.45) is 0. The van der Waals surface area contributed by atoms with Crippen LogP contribution < -0.4 is 5.56 Å². The Bertz CT molecular complexity index is 1430. The van der Waals surface area contributed by atoms with E-state index in [9.17, 15) is 4.79 Å². The molecule has 6 nitrogen and oxygen atoms in total. The van der Waals surface area contributed by atoms with Crippen LogP contribution in [0, 0.1) is 12.8 Å². The number of aromatic nitrogens is 5. The lowest BCUT2D eigenvalue weighted by Gasteiger charge is -2.12. The van der Waals surface area contributed by atoms with Crippen LogP contribution in [0.1, 0.15) is 19.7 Å². The van der Waals surface area contributed by atoms with Crippen molar-refractivity contribution >= 4 is 33.2 Å². The van der Waals surface area contributed by atoms with Crippen molar-refractivity contribution in [3.05, 3.63) is 70.8 Å². The number of hydrogen-bond donors (Lipinski definition) is 0. The molecule has 2 aromatic carbocycles. The molecule has 0 unspecified atom stereocenters. The highest BCUT2D eigenvalue weighted by atomic mass is 16.1. The van der Waals surface area contributed by atoms with Gasteiger partial charge in [-0.1, -0.05) is 44.2 Å². The fourth-order valence-corrected chi connectivity index (χ4v) is 3.83. The second-order valence-corrected chi connectivity index (χ2v) is 7.72. The smallest absolute Gasteiger partial charge is 0.265 e. The number of benzene rings is 2. The molecule has 0 N–H and O–H groups in total. The molecular weight excluding hydrogens is 362 g/mol. The maximum atomic E-state index is 13.5. The summed E-state index contributed by atoms with van der Waals surface area (Å²) in [6, 6.07) is 17.6. The Labute approximate surface area is 167 Å². The Morgan fingerprint density at radius 2 is 1.52 bits per heavy atom. The highest BCUT2D eigenvalue weighted by molar-refractivity contribution is 6.05. The van der Waals surface area contributed by atoms with Crippen LogP contribution in [0.15, 0.2) is 59.4 Å². The molecule has 0 spiro atoms. The van der Waals surface area contributed by atoms with E-state index in [4.69, 9.17) is 15.0 Å². The van der Waals surface area contributed by atoms with Gasteiger partial charge in [-0.25, -0.2) is 15.0 Å². The molecule has 3 heterocycles. The normalized spacial score (nSPS) is 11.9. The third-order valence-electron chi connectivity index (χ3n) is 5.12. The minimum atomic E-state index is -0.0644. The predicted molar refractivity (Wildman–Crippen MR) is 116 cm³/mol. The van der Waals surface area contributed by atoms with Gasteiger partial charge in [0.05, 0.1) is 11.0 Å². The van der Waals surface area contributed by atoms with Gasteiger partial charge in [0, 0.05) is 12.2 Å². The Morgan fingerprint density at radius 1 is 0.862 bits per heavy atom. The lowest BCUT2D eigenvalue weighted by atomic mass is 10.2. The van der Waals surface area contributed by atoms with Crippen molar-refractivity contribution < 1.29 is 0 Å². The van der Waals surface area contributed by atoms with E-state index in [-0.39, 0.29) is 5.56 Å². The van der Waals surface area contributed by atoms with Crippen LogP contribution in [0.3, 0.4) is 0 Å². The Balaban J connectivity index is 2.00. The van der Waals surface area contributed by atoms with E-state index in [1.165, 1.54) is 0 Å². The van der Waals surface area contributed by atoms with Gasteiger partial charge in [0.1, 0.15) is 16.7 Å². The van der Waals surface area contributed by atoms with Crippen molar-refractivity contribution in [3.63, 3.8) is 0 Å². The second-order valence-electron chi connectivity index (χ2n) is 7.72. The number of nitrogens with zero attached hydrogens (tertiary/aromatic N) is 5. The van der Waals surface area contributed by atoms with E-state index in [0.717, 1.165) is 16.7 Å². The van der Waals surface area contributed by atoms with Crippen molar-refractivity contribution in [2.24, 2.45) is 5.92 Å². The zero-order valence-corrected chi connectivity index (χ0v) is 16.6. The maximum Gasteiger partial charge on any atom is 0.265 e. The molecule has 6 heteroatoms. The van der Waals surface area contributed by atoms with Gasteiger partial charge in [-0.3, -0.25) is 13.9 Å². The Kier molecular flexibility index (Phi) is 3.94. The van der Waals surface area contributed by atoms with Crippen molar-refractivity contribution in [2.75, 3.05) is 0 Å². The first-order valence-electron chi connectivity index (χ1n) is 9.78. The molecule has 5 rings (SSSR count). The summed E-state index contributed by atoms with van der Waals surface area (Å²) in [5.74, 6) is 1.03. The Morgan fingerprint density at radius 3 is 2.21 bits per heavy atom. The molecule has 144 valence electrons. The van der Waals surface area contributed by atoms with Crippen molar-refractivity contribution in [1.29, 1.82) is 0 Å². The van der Waals surface area contributed by atoms with Gasteiger partial charge in [-0.2, -0.15) is 0 Å². The van der Waals surface area contributed by atoms with Crippen LogP contribution in [0.5, 0.6) is 0 Å². The van der Waals surface area contributed by atoms with Crippen LogP contribution in [-0.4, -0.2) is 24.1 Å². The highest BCUT2D eigenvalue weighted by Gasteiger charge is 2.22. The van der Waals surface area contributed by atoms with E-state index < -0.39 is 0 Å². The molecule has 5 aromatic rings. The van der Waals surface area contributed by atoms with Crippen molar-refractivity contribution in [1.82, 2.24) is 24.1 Å². The van der Waals surface area contributed by atoms with E-state index in [1.54, 1.807) is 4.57 Å². The summed E-state index contributed by atoms with van der Waals surface area (Å²) in [7, 11) is 0. The molecule has 0 aliphatic heterocycles. The van der Waals surface area contributed by atoms with Gasteiger partial charge in [0.2, 0.25) is 0 Å². The molecule has 0 saturated heterocycles. The minimum Gasteiger partial charge on any atom is -0.296 e. The first-order valence-corrected chi connectivity index (χ1v) is 9.78. The van der Waals surface area contributed by atoms with E-state index in [0.29, 0.717) is 40.5 Å². The lowest BCUT2D eigenvalue weighted by Crippen LogP contribution is -2.26. The standard InChI is InChI=1S/C23H21N5O/c1-14(2)13-27-15(3)24-21-19(23(27)29)20-22(28(21)16-9-5-4-6-10-16)26-18-12-8-7-11-17(18)25-20/h4-12,14H,13H2,1-3H3. The van der Waals surface area contributed by atoms with Gasteiger partial charge >= 0.3 is 0 Å². The molecule has 0 aliphatic rings. The van der Waals surface area contributed by atoms with Crippen molar-refractivity contribution in [3.8, 4) is 5.69 Å². The quantitative estimate of drug-likeness (QED) is 0.467. The van der Waals surface area contributed by atoms with Gasteiger partial charge in [0.25, 0.3) is 5.56 Å². The Hall–Kier alpha value is -3.54. The summed E-state index contributed by atoms with van der Waals surface area (Å²) in [4.78, 5) is 28.1. The number of aryl methyl sites for hydroxylation is 1. The predicted octanol–water partition coefficient (Wildman–Crippen LogP) is 4.25. The fraction of sp³-hybridized carbons (Fsp3) is 0.217.